The van der Waals surface area contributed by atoms with Crippen LogP contribution in [-0.4, -0.2) is 42.8 Å². The number of nitrogens with zero attached hydrogens (tertiary/aromatic N) is 2. The van der Waals surface area contributed by atoms with E-state index in [4.69, 9.17) is 14.2 Å². The Kier molecular flexibility index (Phi) is 7.26. The number of amides is 1. The average molecular weight is 423 g/mol. The number of ether oxygens (including phenoxy) is 3. The van der Waals surface area contributed by atoms with E-state index in [2.05, 4.69) is 10.3 Å². The smallest absolute Gasteiger partial charge is 0.253 e. The van der Waals surface area contributed by atoms with E-state index in [1.165, 1.54) is 31.2 Å². The molecular weight excluding hydrogens is 398 g/mol. The molecule has 0 aliphatic rings. The predicted molar refractivity (Wildman–Crippen MR) is 117 cm³/mol. The van der Waals surface area contributed by atoms with Gasteiger partial charge in [0.05, 0.1) is 32.8 Å². The summed E-state index contributed by atoms with van der Waals surface area (Å²) in [5, 5.41) is 2.79. The minimum atomic E-state index is -0.270. The molecule has 0 unspecified atom stereocenters. The SMILES string of the molecule is CCOc1ccc(-c2cc(=O)n(CCNC(=O)c3ccc(OC)c(OC)c3)cn2)cc1. The fourth-order valence-corrected chi connectivity index (χ4v) is 3.01. The fraction of sp³-hybridized carbons (Fsp3) is 0.261. The Morgan fingerprint density at radius 3 is 2.42 bits per heavy atom. The summed E-state index contributed by atoms with van der Waals surface area (Å²) in [5.41, 5.74) is 1.65. The van der Waals surface area contributed by atoms with Crippen LogP contribution in [0, 0.1) is 0 Å². The minimum Gasteiger partial charge on any atom is -0.494 e. The molecule has 0 atom stereocenters. The average Bonchev–Trinajstić information content (AvgIpc) is 2.80. The molecule has 0 aliphatic carbocycles. The molecule has 1 amide bonds. The summed E-state index contributed by atoms with van der Waals surface area (Å²) < 4.78 is 17.3. The summed E-state index contributed by atoms with van der Waals surface area (Å²) in [7, 11) is 3.04. The molecule has 162 valence electrons. The standard InChI is InChI=1S/C23H25N3O5/c1-4-31-18-8-5-16(6-9-18)19-14-22(27)26(15-25-19)12-11-24-23(28)17-7-10-20(29-2)21(13-17)30-3/h5-10,13-15H,4,11-12H2,1-3H3,(H,24,28). The van der Waals surface area contributed by atoms with Crippen molar-refractivity contribution >= 4 is 5.91 Å². The molecule has 1 aromatic heterocycles. The van der Waals surface area contributed by atoms with E-state index in [1.54, 1.807) is 18.2 Å². The Labute approximate surface area is 180 Å². The van der Waals surface area contributed by atoms with Gasteiger partial charge in [-0.25, -0.2) is 4.98 Å². The lowest BCUT2D eigenvalue weighted by molar-refractivity contribution is 0.0951. The quantitative estimate of drug-likeness (QED) is 0.569. The van der Waals surface area contributed by atoms with Crippen LogP contribution in [0.15, 0.2) is 59.7 Å². The Hall–Kier alpha value is -3.81. The summed E-state index contributed by atoms with van der Waals surface area (Å²) in [4.78, 5) is 29.2. The number of carbonyl (C=O) groups is 1. The molecule has 0 spiro atoms. The van der Waals surface area contributed by atoms with Gasteiger partial charge in [0.1, 0.15) is 5.75 Å². The van der Waals surface area contributed by atoms with E-state index < -0.39 is 0 Å². The molecule has 0 bridgehead atoms. The van der Waals surface area contributed by atoms with Crippen LogP contribution in [0.2, 0.25) is 0 Å². The predicted octanol–water partition coefficient (Wildman–Crippen LogP) is 2.76. The number of benzene rings is 2. The van der Waals surface area contributed by atoms with Gasteiger partial charge in [-0.3, -0.25) is 14.2 Å². The molecule has 8 nitrogen and oxygen atoms in total. The van der Waals surface area contributed by atoms with Crippen LogP contribution in [0.4, 0.5) is 0 Å². The summed E-state index contributed by atoms with van der Waals surface area (Å²) >= 11 is 0. The first kappa shape index (κ1) is 21.9. The van der Waals surface area contributed by atoms with Gasteiger partial charge in [0.2, 0.25) is 0 Å². The Balaban J connectivity index is 1.61. The lowest BCUT2D eigenvalue weighted by atomic mass is 10.1. The number of carbonyl (C=O) groups excluding carboxylic acids is 1. The maximum Gasteiger partial charge on any atom is 0.253 e. The molecule has 0 saturated heterocycles. The van der Waals surface area contributed by atoms with Crippen molar-refractivity contribution in [3.63, 3.8) is 0 Å². The molecule has 31 heavy (non-hydrogen) atoms. The van der Waals surface area contributed by atoms with Crippen molar-refractivity contribution in [3.8, 4) is 28.5 Å². The Morgan fingerprint density at radius 2 is 1.77 bits per heavy atom. The van der Waals surface area contributed by atoms with Gasteiger partial charge in [0.25, 0.3) is 11.5 Å². The largest absolute Gasteiger partial charge is 0.494 e. The second-order valence-electron chi connectivity index (χ2n) is 6.59. The molecule has 8 heteroatoms. The molecule has 2 aromatic carbocycles. The van der Waals surface area contributed by atoms with E-state index in [0.717, 1.165) is 11.3 Å². The summed E-state index contributed by atoms with van der Waals surface area (Å²) in [6, 6.07) is 13.8. The van der Waals surface area contributed by atoms with Crippen LogP contribution in [0.5, 0.6) is 17.2 Å². The minimum absolute atomic E-state index is 0.195. The lowest BCUT2D eigenvalue weighted by Gasteiger charge is -2.11. The van der Waals surface area contributed by atoms with Gasteiger partial charge in [-0.15, -0.1) is 0 Å². The highest BCUT2D eigenvalue weighted by Crippen LogP contribution is 2.27. The third kappa shape index (κ3) is 5.42. The lowest BCUT2D eigenvalue weighted by Crippen LogP contribution is -2.30. The highest BCUT2D eigenvalue weighted by molar-refractivity contribution is 5.94. The third-order valence-corrected chi connectivity index (χ3v) is 4.62. The van der Waals surface area contributed by atoms with E-state index in [0.29, 0.717) is 35.9 Å². The van der Waals surface area contributed by atoms with E-state index in [-0.39, 0.29) is 18.0 Å². The maximum absolute atomic E-state index is 12.4. The van der Waals surface area contributed by atoms with Gasteiger partial charge in [0, 0.05) is 30.3 Å². The summed E-state index contributed by atoms with van der Waals surface area (Å²) in [6.45, 7) is 3.09. The second kappa shape index (κ2) is 10.3. The highest BCUT2D eigenvalue weighted by Gasteiger charge is 2.11. The first-order chi connectivity index (χ1) is 15.0. The third-order valence-electron chi connectivity index (χ3n) is 4.62. The van der Waals surface area contributed by atoms with Crippen molar-refractivity contribution in [1.82, 2.24) is 14.9 Å². The number of rotatable bonds is 9. The first-order valence-electron chi connectivity index (χ1n) is 9.85. The van der Waals surface area contributed by atoms with E-state index in [1.807, 2.05) is 31.2 Å². The fourth-order valence-electron chi connectivity index (χ4n) is 3.01. The molecule has 3 aromatic rings. The number of methoxy groups -OCH3 is 2. The zero-order valence-electron chi connectivity index (χ0n) is 17.8. The topological polar surface area (TPSA) is 91.7 Å². The zero-order chi connectivity index (χ0) is 22.2. The Morgan fingerprint density at radius 1 is 1.03 bits per heavy atom. The van der Waals surface area contributed by atoms with Crippen LogP contribution in [0.25, 0.3) is 11.3 Å². The van der Waals surface area contributed by atoms with Crippen molar-refractivity contribution in [1.29, 1.82) is 0 Å². The van der Waals surface area contributed by atoms with Crippen LogP contribution in [0.3, 0.4) is 0 Å². The van der Waals surface area contributed by atoms with Crippen molar-refractivity contribution < 1.29 is 19.0 Å². The molecule has 0 fully saturated rings. The van der Waals surface area contributed by atoms with Gasteiger partial charge < -0.3 is 19.5 Å². The van der Waals surface area contributed by atoms with Crippen molar-refractivity contribution in [2.45, 2.75) is 13.5 Å². The number of hydrogen-bond acceptors (Lipinski definition) is 6. The van der Waals surface area contributed by atoms with Crippen molar-refractivity contribution in [2.75, 3.05) is 27.4 Å². The van der Waals surface area contributed by atoms with Gasteiger partial charge in [0.15, 0.2) is 11.5 Å². The summed E-state index contributed by atoms with van der Waals surface area (Å²) in [5.74, 6) is 1.52. The molecule has 0 radical (unpaired) electrons. The molecule has 0 aliphatic heterocycles. The van der Waals surface area contributed by atoms with Crippen LogP contribution >= 0.6 is 0 Å². The molecular formula is C23H25N3O5. The first-order valence-corrected chi connectivity index (χ1v) is 9.85. The van der Waals surface area contributed by atoms with Crippen LogP contribution < -0.4 is 25.1 Å². The monoisotopic (exact) mass is 423 g/mol. The zero-order valence-corrected chi connectivity index (χ0v) is 17.8. The van der Waals surface area contributed by atoms with Crippen molar-refractivity contribution in [3.05, 3.63) is 70.8 Å². The highest BCUT2D eigenvalue weighted by atomic mass is 16.5. The normalized spacial score (nSPS) is 10.4. The number of hydrogen-bond donors (Lipinski definition) is 1. The summed E-state index contributed by atoms with van der Waals surface area (Å²) in [6.07, 6.45) is 1.48. The Bertz CT molecular complexity index is 1090. The van der Waals surface area contributed by atoms with Crippen molar-refractivity contribution in [2.24, 2.45) is 0 Å². The maximum atomic E-state index is 12.4. The molecule has 0 saturated carbocycles. The van der Waals surface area contributed by atoms with Gasteiger partial charge in [-0.05, 0) is 49.4 Å². The van der Waals surface area contributed by atoms with Gasteiger partial charge in [-0.2, -0.15) is 0 Å². The molecule has 1 N–H and O–H groups in total. The second-order valence-corrected chi connectivity index (χ2v) is 6.59. The molecule has 3 rings (SSSR count). The molecule has 1 heterocycles. The van der Waals surface area contributed by atoms with Gasteiger partial charge in [-0.1, -0.05) is 0 Å². The number of aromatic nitrogens is 2. The van der Waals surface area contributed by atoms with Crippen LogP contribution in [-0.2, 0) is 6.54 Å². The van der Waals surface area contributed by atoms with E-state index >= 15 is 0 Å². The number of nitrogens with one attached hydrogen (secondary N) is 1. The van der Waals surface area contributed by atoms with Crippen LogP contribution in [0.1, 0.15) is 17.3 Å². The van der Waals surface area contributed by atoms with Gasteiger partial charge >= 0.3 is 0 Å². The van der Waals surface area contributed by atoms with E-state index in [9.17, 15) is 9.59 Å².